The third-order valence-corrected chi connectivity index (χ3v) is 6.25. The van der Waals surface area contributed by atoms with Gasteiger partial charge in [0.25, 0.3) is 5.91 Å². The van der Waals surface area contributed by atoms with E-state index in [1.165, 1.54) is 0 Å². The zero-order valence-corrected chi connectivity index (χ0v) is 20.5. The summed E-state index contributed by atoms with van der Waals surface area (Å²) in [6.45, 7) is 3.37. The van der Waals surface area contributed by atoms with E-state index in [0.717, 1.165) is 68.0 Å². The molecule has 2 amide bonds. The van der Waals surface area contributed by atoms with Crippen LogP contribution >= 0.6 is 0 Å². The van der Waals surface area contributed by atoms with Crippen LogP contribution in [0.2, 0.25) is 0 Å². The van der Waals surface area contributed by atoms with Gasteiger partial charge in [-0.2, -0.15) is 0 Å². The Hall–Kier alpha value is -4.02. The zero-order chi connectivity index (χ0) is 26.4. The van der Waals surface area contributed by atoms with Crippen LogP contribution in [0, 0.1) is 24.5 Å². The molecule has 1 aromatic carbocycles. The van der Waals surface area contributed by atoms with Gasteiger partial charge in [0, 0.05) is 37.6 Å². The molecular formula is C26H29F2N5O4. The van der Waals surface area contributed by atoms with E-state index in [1.54, 1.807) is 12.4 Å². The number of nitrogens with one attached hydrogen (secondary N) is 1. The van der Waals surface area contributed by atoms with Gasteiger partial charge in [0.15, 0.2) is 0 Å². The minimum absolute atomic E-state index is 0.00146. The molecule has 196 valence electrons. The zero-order valence-electron chi connectivity index (χ0n) is 20.5. The van der Waals surface area contributed by atoms with Crippen molar-refractivity contribution in [1.82, 2.24) is 15.3 Å². The van der Waals surface area contributed by atoms with Gasteiger partial charge in [-0.15, -0.1) is 0 Å². The van der Waals surface area contributed by atoms with Gasteiger partial charge in [-0.05, 0) is 50.7 Å². The van der Waals surface area contributed by atoms with Crippen molar-refractivity contribution < 1.29 is 27.5 Å². The van der Waals surface area contributed by atoms with Crippen LogP contribution in [-0.2, 0) is 4.79 Å². The third kappa shape index (κ3) is 6.81. The van der Waals surface area contributed by atoms with Gasteiger partial charge in [0.1, 0.15) is 34.5 Å². The molecule has 1 saturated heterocycles. The van der Waals surface area contributed by atoms with Crippen molar-refractivity contribution in [3.05, 3.63) is 59.6 Å². The maximum atomic E-state index is 14.3. The van der Waals surface area contributed by atoms with E-state index in [9.17, 15) is 18.4 Å². The monoisotopic (exact) mass is 513 g/mol. The van der Waals surface area contributed by atoms with Crippen LogP contribution in [0.5, 0.6) is 5.75 Å². The second kappa shape index (κ2) is 11.8. The fraction of sp³-hybridized carbons (Fsp3) is 0.385. The Kier molecular flexibility index (Phi) is 8.32. The largest absolute Gasteiger partial charge is 0.493 e. The highest BCUT2D eigenvalue weighted by Crippen LogP contribution is 2.26. The Morgan fingerprint density at radius 2 is 1.84 bits per heavy atom. The highest BCUT2D eigenvalue weighted by molar-refractivity contribution is 5.96. The first-order chi connectivity index (χ1) is 17.8. The van der Waals surface area contributed by atoms with Crippen LogP contribution in [0.3, 0.4) is 0 Å². The number of aromatic nitrogens is 2. The second-order valence-electron chi connectivity index (χ2n) is 9.01. The van der Waals surface area contributed by atoms with Crippen molar-refractivity contribution in [2.24, 2.45) is 11.7 Å². The standard InChI is InChI=1S/C26H29F2N5O4/c1-16-4-5-22(37-16)18-13-31-26(32-14-18)33-8-6-17(7-9-33)3-2-10-36-19-11-20(27)24(21(28)12-19)25(35)30-15-23(29)34/h4-5,11-14,17H,2-3,6-10,15H2,1H3,(H2,29,34)(H,30,35). The van der Waals surface area contributed by atoms with E-state index in [4.69, 9.17) is 14.9 Å². The third-order valence-electron chi connectivity index (χ3n) is 6.25. The van der Waals surface area contributed by atoms with Crippen molar-refractivity contribution in [2.75, 3.05) is 31.1 Å². The molecule has 1 fully saturated rings. The topological polar surface area (TPSA) is 124 Å². The first-order valence-corrected chi connectivity index (χ1v) is 12.1. The summed E-state index contributed by atoms with van der Waals surface area (Å²) in [5.41, 5.74) is 4.98. The van der Waals surface area contributed by atoms with Gasteiger partial charge >= 0.3 is 0 Å². The van der Waals surface area contributed by atoms with Gasteiger partial charge in [-0.3, -0.25) is 9.59 Å². The number of benzene rings is 1. The van der Waals surface area contributed by atoms with E-state index in [1.807, 2.05) is 19.1 Å². The van der Waals surface area contributed by atoms with Crippen LogP contribution in [0.25, 0.3) is 11.3 Å². The molecule has 0 aliphatic carbocycles. The predicted molar refractivity (Wildman–Crippen MR) is 132 cm³/mol. The van der Waals surface area contributed by atoms with Gasteiger partial charge in [0.2, 0.25) is 11.9 Å². The van der Waals surface area contributed by atoms with Crippen LogP contribution in [0.4, 0.5) is 14.7 Å². The summed E-state index contributed by atoms with van der Waals surface area (Å²) in [6.07, 6.45) is 7.17. The highest BCUT2D eigenvalue weighted by atomic mass is 19.1. The van der Waals surface area contributed by atoms with E-state index in [-0.39, 0.29) is 5.75 Å². The Bertz CT molecular complexity index is 1220. The quantitative estimate of drug-likeness (QED) is 0.397. The molecule has 0 saturated carbocycles. The van der Waals surface area contributed by atoms with Gasteiger partial charge in [-0.1, -0.05) is 0 Å². The maximum Gasteiger partial charge on any atom is 0.257 e. The average Bonchev–Trinajstić information content (AvgIpc) is 3.32. The number of amides is 2. The summed E-state index contributed by atoms with van der Waals surface area (Å²) in [7, 11) is 0. The lowest BCUT2D eigenvalue weighted by molar-refractivity contribution is -0.117. The molecule has 4 rings (SSSR count). The van der Waals surface area contributed by atoms with E-state index >= 15 is 0 Å². The number of anilines is 1. The van der Waals surface area contributed by atoms with Gasteiger partial charge in [0.05, 0.1) is 18.7 Å². The summed E-state index contributed by atoms with van der Waals surface area (Å²) in [5, 5.41) is 2.06. The molecule has 1 aliphatic rings. The molecule has 0 bridgehead atoms. The van der Waals surface area contributed by atoms with Crippen LogP contribution in [0.15, 0.2) is 41.1 Å². The lowest BCUT2D eigenvalue weighted by Gasteiger charge is -2.32. The number of rotatable bonds is 10. The van der Waals surface area contributed by atoms with E-state index < -0.39 is 35.6 Å². The number of nitrogens with zero attached hydrogens (tertiary/aromatic N) is 3. The molecule has 0 unspecified atom stereocenters. The molecule has 0 radical (unpaired) electrons. The SMILES string of the molecule is Cc1ccc(-c2cnc(N3CCC(CCCOc4cc(F)c(C(=O)NCC(N)=O)c(F)c4)CC3)nc2)o1. The van der Waals surface area contributed by atoms with Crippen molar-refractivity contribution in [2.45, 2.75) is 32.6 Å². The first-order valence-electron chi connectivity index (χ1n) is 12.1. The van der Waals surface area contributed by atoms with E-state index in [2.05, 4.69) is 20.2 Å². The average molecular weight is 514 g/mol. The lowest BCUT2D eigenvalue weighted by Crippen LogP contribution is -2.34. The minimum atomic E-state index is -1.07. The minimum Gasteiger partial charge on any atom is -0.493 e. The normalized spacial score (nSPS) is 14.0. The molecule has 3 N–H and O–H groups in total. The van der Waals surface area contributed by atoms with Crippen LogP contribution < -0.4 is 20.7 Å². The molecule has 11 heteroatoms. The van der Waals surface area contributed by atoms with Gasteiger partial charge < -0.3 is 25.1 Å². The van der Waals surface area contributed by atoms with Crippen molar-refractivity contribution >= 4 is 17.8 Å². The Morgan fingerprint density at radius 3 is 2.43 bits per heavy atom. The highest BCUT2D eigenvalue weighted by Gasteiger charge is 2.22. The molecule has 0 atom stereocenters. The number of nitrogens with two attached hydrogens (primary N) is 1. The van der Waals surface area contributed by atoms with Crippen molar-refractivity contribution in [3.63, 3.8) is 0 Å². The summed E-state index contributed by atoms with van der Waals surface area (Å²) in [4.78, 5) is 33.8. The molecule has 1 aliphatic heterocycles. The second-order valence-corrected chi connectivity index (χ2v) is 9.01. The Balaban J connectivity index is 1.19. The smallest absolute Gasteiger partial charge is 0.257 e. The fourth-order valence-corrected chi connectivity index (χ4v) is 4.29. The molecule has 2 aromatic heterocycles. The number of aryl methyl sites for hydroxylation is 1. The molecule has 3 aromatic rings. The summed E-state index contributed by atoms with van der Waals surface area (Å²) in [5.74, 6) is -1.22. The number of piperidine rings is 1. The number of halogens is 2. The summed E-state index contributed by atoms with van der Waals surface area (Å²) < 4.78 is 39.6. The maximum absolute atomic E-state index is 14.3. The summed E-state index contributed by atoms with van der Waals surface area (Å²) in [6, 6.07) is 5.72. The number of carbonyl (C=O) groups is 2. The fourth-order valence-electron chi connectivity index (χ4n) is 4.29. The summed E-state index contributed by atoms with van der Waals surface area (Å²) >= 11 is 0. The first kappa shape index (κ1) is 26.1. The Morgan fingerprint density at radius 1 is 1.16 bits per heavy atom. The van der Waals surface area contributed by atoms with Crippen molar-refractivity contribution in [1.29, 1.82) is 0 Å². The van der Waals surface area contributed by atoms with Crippen LogP contribution in [-0.4, -0.2) is 48.0 Å². The number of hydrogen-bond acceptors (Lipinski definition) is 7. The number of primary amides is 1. The van der Waals surface area contributed by atoms with E-state index in [0.29, 0.717) is 18.5 Å². The molecule has 9 nitrogen and oxygen atoms in total. The molecule has 0 spiro atoms. The molecular weight excluding hydrogens is 484 g/mol. The van der Waals surface area contributed by atoms with Gasteiger partial charge in [-0.25, -0.2) is 18.7 Å². The number of carbonyl (C=O) groups excluding carboxylic acids is 2. The Labute approximate surface area is 213 Å². The lowest BCUT2D eigenvalue weighted by atomic mass is 9.92. The van der Waals surface area contributed by atoms with Crippen LogP contribution in [0.1, 0.15) is 41.8 Å². The molecule has 37 heavy (non-hydrogen) atoms. The van der Waals surface area contributed by atoms with Crippen molar-refractivity contribution in [3.8, 4) is 17.1 Å². The predicted octanol–water partition coefficient (Wildman–Crippen LogP) is 3.61. The number of furan rings is 1. The number of hydrogen-bond donors (Lipinski definition) is 2. The molecule has 3 heterocycles. The number of ether oxygens (including phenoxy) is 1.